The molecule has 0 unspecified atom stereocenters. The van der Waals surface area contributed by atoms with Gasteiger partial charge in [0.05, 0.1) is 22.6 Å². The quantitative estimate of drug-likeness (QED) is 0.558. The molecule has 2 aliphatic rings. The molecule has 0 N–H and O–H groups in total. The molecule has 6 heteroatoms. The highest BCUT2D eigenvalue weighted by Crippen LogP contribution is 2.43. The lowest BCUT2D eigenvalue weighted by Crippen LogP contribution is -2.40. The van der Waals surface area contributed by atoms with Crippen LogP contribution in [-0.2, 0) is 19.7 Å². The van der Waals surface area contributed by atoms with E-state index in [-0.39, 0.29) is 23.2 Å². The number of ether oxygens (including phenoxy) is 1. The topological polar surface area (TPSA) is 59.0 Å². The second-order valence-electron chi connectivity index (χ2n) is 8.02. The number of amidine groups is 1. The third-order valence-electron chi connectivity index (χ3n) is 4.90. The van der Waals surface area contributed by atoms with E-state index in [2.05, 4.69) is 44.5 Å². The van der Waals surface area contributed by atoms with E-state index in [9.17, 15) is 9.59 Å². The van der Waals surface area contributed by atoms with Crippen LogP contribution in [0.2, 0.25) is 0 Å². The number of hydrogen-bond donors (Lipinski definition) is 0. The van der Waals surface area contributed by atoms with Crippen molar-refractivity contribution in [3.05, 3.63) is 59.3 Å². The summed E-state index contributed by atoms with van der Waals surface area (Å²) in [5.74, 6) is -0.516. The molecule has 1 aromatic carbocycles. The Kier molecular flexibility index (Phi) is 5.53. The van der Waals surface area contributed by atoms with Gasteiger partial charge >= 0.3 is 5.97 Å². The Bertz CT molecular complexity index is 878. The lowest BCUT2D eigenvalue weighted by Gasteiger charge is -2.33. The van der Waals surface area contributed by atoms with Gasteiger partial charge in [0.15, 0.2) is 5.17 Å². The van der Waals surface area contributed by atoms with Gasteiger partial charge in [-0.15, -0.1) is 0 Å². The molecule has 1 fully saturated rings. The van der Waals surface area contributed by atoms with Gasteiger partial charge in [-0.25, -0.2) is 9.79 Å². The monoisotopic (exact) mass is 398 g/mol. The van der Waals surface area contributed by atoms with E-state index in [0.717, 1.165) is 5.56 Å². The molecule has 5 nitrogen and oxygen atoms in total. The van der Waals surface area contributed by atoms with Crippen molar-refractivity contribution in [2.45, 2.75) is 51.3 Å². The van der Waals surface area contributed by atoms with Crippen LogP contribution in [0.15, 0.2) is 53.2 Å². The molecule has 28 heavy (non-hydrogen) atoms. The van der Waals surface area contributed by atoms with Crippen molar-refractivity contribution in [1.29, 1.82) is 0 Å². The molecule has 148 valence electrons. The molecular weight excluding hydrogens is 372 g/mol. The number of carbonyl (C=O) groups is 2. The van der Waals surface area contributed by atoms with Crippen LogP contribution in [0.4, 0.5) is 0 Å². The Labute approximate surface area is 170 Å². The zero-order valence-electron chi connectivity index (χ0n) is 17.0. The van der Waals surface area contributed by atoms with Crippen LogP contribution in [0.3, 0.4) is 0 Å². The number of fused-ring (bicyclic) bond motifs is 1. The molecule has 1 aromatic rings. The summed E-state index contributed by atoms with van der Waals surface area (Å²) in [6.07, 6.45) is 1.53. The van der Waals surface area contributed by atoms with Gasteiger partial charge in [0.1, 0.15) is 6.61 Å². The summed E-state index contributed by atoms with van der Waals surface area (Å²) in [7, 11) is 0. The van der Waals surface area contributed by atoms with Crippen molar-refractivity contribution in [1.82, 2.24) is 4.90 Å². The number of thioether (sulfide) groups is 1. The zero-order chi connectivity index (χ0) is 20.6. The van der Waals surface area contributed by atoms with Crippen molar-refractivity contribution >= 4 is 28.8 Å². The third-order valence-corrected chi connectivity index (χ3v) is 5.96. The smallest absolute Gasteiger partial charge is 0.338 e. The highest BCUT2D eigenvalue weighted by molar-refractivity contribution is 8.15. The van der Waals surface area contributed by atoms with E-state index < -0.39 is 12.0 Å². The number of amides is 1. The fourth-order valence-corrected chi connectivity index (χ4v) is 4.39. The van der Waals surface area contributed by atoms with Gasteiger partial charge in [-0.05, 0) is 30.4 Å². The highest BCUT2D eigenvalue weighted by atomic mass is 32.2. The SMILES string of the molecule is C=CCOC(=O)C1=C(C)N=C2S[C@H](C)C(=O)N2[C@@H]1c1ccc(C(C)(C)C)cc1. The van der Waals surface area contributed by atoms with Crippen LogP contribution in [0.1, 0.15) is 51.8 Å². The first kappa shape index (κ1) is 20.4. The first-order valence-corrected chi connectivity index (χ1v) is 10.2. The van der Waals surface area contributed by atoms with Crippen molar-refractivity contribution in [2.75, 3.05) is 6.61 Å². The number of hydrogen-bond acceptors (Lipinski definition) is 5. The van der Waals surface area contributed by atoms with Crippen LogP contribution < -0.4 is 0 Å². The molecule has 2 aliphatic heterocycles. The molecule has 0 bridgehead atoms. The van der Waals surface area contributed by atoms with Crippen molar-refractivity contribution in [3.63, 3.8) is 0 Å². The molecule has 0 radical (unpaired) electrons. The molecule has 0 saturated carbocycles. The minimum absolute atomic E-state index is 0.0169. The van der Waals surface area contributed by atoms with Crippen LogP contribution in [0.25, 0.3) is 0 Å². The van der Waals surface area contributed by atoms with Crippen LogP contribution in [-0.4, -0.2) is 33.8 Å². The summed E-state index contributed by atoms with van der Waals surface area (Å²) in [5.41, 5.74) is 3.06. The summed E-state index contributed by atoms with van der Waals surface area (Å²) < 4.78 is 5.31. The molecule has 0 aromatic heterocycles. The lowest BCUT2D eigenvalue weighted by atomic mass is 9.85. The molecule has 3 rings (SSSR count). The Morgan fingerprint density at radius 2 is 1.96 bits per heavy atom. The number of nitrogens with zero attached hydrogens (tertiary/aromatic N) is 2. The van der Waals surface area contributed by atoms with Gasteiger partial charge in [0.2, 0.25) is 5.91 Å². The van der Waals surface area contributed by atoms with Gasteiger partial charge in [-0.2, -0.15) is 0 Å². The second-order valence-corrected chi connectivity index (χ2v) is 9.33. The van der Waals surface area contributed by atoms with Crippen molar-refractivity contribution in [2.24, 2.45) is 4.99 Å². The maximum atomic E-state index is 12.9. The van der Waals surface area contributed by atoms with E-state index in [1.165, 1.54) is 23.4 Å². The summed E-state index contributed by atoms with van der Waals surface area (Å²) in [5, 5.41) is 0.409. The predicted molar refractivity (Wildman–Crippen MR) is 113 cm³/mol. The largest absolute Gasteiger partial charge is 0.458 e. The molecular formula is C22H26N2O3S. The first-order valence-electron chi connectivity index (χ1n) is 9.32. The van der Waals surface area contributed by atoms with Crippen molar-refractivity contribution in [3.8, 4) is 0 Å². The summed E-state index contributed by atoms with van der Waals surface area (Å²) >= 11 is 1.42. The van der Waals surface area contributed by atoms with Gasteiger partial charge in [0.25, 0.3) is 0 Å². The number of carbonyl (C=O) groups excluding carboxylic acids is 2. The predicted octanol–water partition coefficient (Wildman–Crippen LogP) is 4.36. The Hall–Kier alpha value is -2.34. The lowest BCUT2D eigenvalue weighted by molar-refractivity contribution is -0.139. The number of aliphatic imine (C=N–C) groups is 1. The van der Waals surface area contributed by atoms with E-state index in [1.807, 2.05) is 19.1 Å². The van der Waals surface area contributed by atoms with E-state index in [0.29, 0.717) is 16.4 Å². The third kappa shape index (κ3) is 3.65. The molecule has 1 saturated heterocycles. The average Bonchev–Trinajstić information content (AvgIpc) is 2.91. The van der Waals surface area contributed by atoms with E-state index in [4.69, 9.17) is 4.74 Å². The van der Waals surface area contributed by atoms with Crippen molar-refractivity contribution < 1.29 is 14.3 Å². The minimum atomic E-state index is -0.538. The number of esters is 1. The number of rotatable bonds is 4. The first-order chi connectivity index (χ1) is 13.1. The Morgan fingerprint density at radius 3 is 2.54 bits per heavy atom. The number of benzene rings is 1. The molecule has 0 aliphatic carbocycles. The minimum Gasteiger partial charge on any atom is -0.458 e. The van der Waals surface area contributed by atoms with Crippen LogP contribution in [0.5, 0.6) is 0 Å². The normalized spacial score (nSPS) is 22.1. The highest BCUT2D eigenvalue weighted by Gasteiger charge is 2.46. The van der Waals surface area contributed by atoms with Crippen LogP contribution in [0, 0.1) is 0 Å². The fourth-order valence-electron chi connectivity index (χ4n) is 3.36. The van der Waals surface area contributed by atoms with Gasteiger partial charge in [0, 0.05) is 0 Å². The zero-order valence-corrected chi connectivity index (χ0v) is 17.8. The maximum absolute atomic E-state index is 12.9. The molecule has 2 heterocycles. The Balaban J connectivity index is 2.09. The average molecular weight is 399 g/mol. The maximum Gasteiger partial charge on any atom is 0.338 e. The van der Waals surface area contributed by atoms with E-state index >= 15 is 0 Å². The Morgan fingerprint density at radius 1 is 1.32 bits per heavy atom. The second kappa shape index (κ2) is 7.59. The summed E-state index contributed by atoms with van der Waals surface area (Å²) in [6, 6.07) is 7.55. The van der Waals surface area contributed by atoms with Gasteiger partial charge in [-0.3, -0.25) is 9.69 Å². The van der Waals surface area contributed by atoms with Gasteiger partial charge < -0.3 is 4.74 Å². The summed E-state index contributed by atoms with van der Waals surface area (Å²) in [6.45, 7) is 13.8. The molecule has 1 amide bonds. The fraction of sp³-hybridized carbons (Fsp3) is 0.409. The number of allylic oxidation sites excluding steroid dienone is 1. The standard InChI is InChI=1S/C22H26N2O3S/c1-7-12-27-20(26)17-13(2)23-21-24(19(25)14(3)28-21)18(17)15-8-10-16(11-9-15)22(4,5)6/h7-11,14,18H,1,12H2,2-6H3/t14-,18-/m1/s1. The molecule has 2 atom stereocenters. The summed E-state index contributed by atoms with van der Waals surface area (Å²) in [4.78, 5) is 31.8. The van der Waals surface area contributed by atoms with Crippen LogP contribution >= 0.6 is 11.8 Å². The molecule has 0 spiro atoms. The van der Waals surface area contributed by atoms with E-state index in [1.54, 1.807) is 11.8 Å². The van der Waals surface area contributed by atoms with Gasteiger partial charge in [-0.1, -0.05) is 69.5 Å².